The number of thioether (sulfide) groups is 1. The number of aromatic nitrogens is 2. The molecule has 4 rings (SSSR count). The van der Waals surface area contributed by atoms with Crippen molar-refractivity contribution in [2.45, 2.75) is 50.3 Å². The molecule has 3 heterocycles. The minimum atomic E-state index is -5.08. The van der Waals surface area contributed by atoms with Crippen LogP contribution in [0.2, 0.25) is 0 Å². The summed E-state index contributed by atoms with van der Waals surface area (Å²) < 4.78 is 33.9. The van der Waals surface area contributed by atoms with Crippen molar-refractivity contribution in [1.82, 2.24) is 14.9 Å². The molecule has 0 fully saturated rings. The van der Waals surface area contributed by atoms with E-state index in [1.54, 1.807) is 11.8 Å². The molecule has 0 aliphatic carbocycles. The predicted octanol–water partition coefficient (Wildman–Crippen LogP) is 4.11. The van der Waals surface area contributed by atoms with Crippen LogP contribution in [0.3, 0.4) is 0 Å². The molecule has 200 valence electrons. The standard InChI is InChI=1S/C22H25N3O4S.C2HF3O2/c1-22(2,3)23-10-12-7-11-8-14-16(9-15(11)25(12)4)30-6-5-13-18(14)24-20(27)17(19(13)26)21(28)29;3-2(4,5)1(6)7/h7-9,23H,5-6,10H2,1-4H3,(H,28,29)(H2,24,26,27);(H,6,7). The molecule has 0 bridgehead atoms. The maximum Gasteiger partial charge on any atom is 0.490 e. The van der Waals surface area contributed by atoms with Crippen LogP contribution in [-0.2, 0) is 24.8 Å². The monoisotopic (exact) mass is 541 g/mol. The summed E-state index contributed by atoms with van der Waals surface area (Å²) in [6.07, 6.45) is -4.62. The molecule has 0 amide bonds. The van der Waals surface area contributed by atoms with Gasteiger partial charge < -0.3 is 30.2 Å². The number of rotatable bonds is 3. The number of halogens is 3. The van der Waals surface area contributed by atoms with Crippen molar-refractivity contribution >= 4 is 34.6 Å². The van der Waals surface area contributed by atoms with E-state index in [0.717, 1.165) is 33.6 Å². The molecule has 5 N–H and O–H groups in total. The largest absolute Gasteiger partial charge is 0.506 e. The number of nitrogens with zero attached hydrogens (tertiary/aromatic N) is 1. The SMILES string of the molecule is Cn1c(CNC(C)(C)C)cc2cc3c(cc21)SCCc1c-3[nH]c(=O)c(C(=O)O)c1O.O=C(O)C(F)(F)F. The highest BCUT2D eigenvalue weighted by molar-refractivity contribution is 7.99. The van der Waals surface area contributed by atoms with E-state index in [2.05, 4.69) is 47.8 Å². The third-order valence-electron chi connectivity index (χ3n) is 5.67. The fraction of sp³-hybridized carbons (Fsp3) is 0.375. The van der Waals surface area contributed by atoms with Crippen LogP contribution < -0.4 is 10.9 Å². The van der Waals surface area contributed by atoms with Crippen molar-refractivity contribution in [3.05, 3.63) is 45.4 Å². The number of carboxylic acids is 2. The zero-order valence-electron chi connectivity index (χ0n) is 20.4. The Morgan fingerprint density at radius 3 is 2.32 bits per heavy atom. The summed E-state index contributed by atoms with van der Waals surface area (Å²) in [4.78, 5) is 36.4. The molecular weight excluding hydrogens is 515 g/mol. The zero-order valence-corrected chi connectivity index (χ0v) is 21.2. The van der Waals surface area contributed by atoms with Crippen molar-refractivity contribution in [2.24, 2.45) is 7.05 Å². The van der Waals surface area contributed by atoms with Crippen LogP contribution in [0.15, 0.2) is 27.9 Å². The van der Waals surface area contributed by atoms with Crippen LogP contribution in [-0.4, -0.2) is 54.3 Å². The summed E-state index contributed by atoms with van der Waals surface area (Å²) in [6, 6.07) is 6.23. The molecule has 1 aliphatic heterocycles. The number of alkyl halides is 3. The molecule has 0 unspecified atom stereocenters. The number of aromatic hydroxyl groups is 1. The zero-order chi connectivity index (χ0) is 27.9. The molecule has 0 radical (unpaired) electrons. The van der Waals surface area contributed by atoms with E-state index in [4.69, 9.17) is 9.90 Å². The van der Waals surface area contributed by atoms with Gasteiger partial charge in [-0.15, -0.1) is 11.8 Å². The minimum Gasteiger partial charge on any atom is -0.506 e. The number of hydrogen-bond donors (Lipinski definition) is 5. The van der Waals surface area contributed by atoms with E-state index >= 15 is 0 Å². The molecular formula is C24H26F3N3O6S. The average Bonchev–Trinajstić information content (AvgIpc) is 2.95. The summed E-state index contributed by atoms with van der Waals surface area (Å²) in [5, 5.41) is 31.5. The lowest BCUT2D eigenvalue weighted by molar-refractivity contribution is -0.192. The van der Waals surface area contributed by atoms with Gasteiger partial charge in [-0.25, -0.2) is 9.59 Å². The Labute approximate surface area is 213 Å². The number of carbonyl (C=O) groups is 2. The van der Waals surface area contributed by atoms with Crippen molar-refractivity contribution < 1.29 is 38.1 Å². The van der Waals surface area contributed by atoms with Crippen molar-refractivity contribution in [1.29, 1.82) is 0 Å². The van der Waals surface area contributed by atoms with Gasteiger partial charge in [0, 0.05) is 57.5 Å². The van der Waals surface area contributed by atoms with Crippen molar-refractivity contribution in [3.63, 3.8) is 0 Å². The van der Waals surface area contributed by atoms with E-state index in [1.165, 1.54) is 0 Å². The van der Waals surface area contributed by atoms with Crippen molar-refractivity contribution in [3.8, 4) is 17.0 Å². The highest BCUT2D eigenvalue weighted by atomic mass is 32.2. The highest BCUT2D eigenvalue weighted by Gasteiger charge is 2.38. The summed E-state index contributed by atoms with van der Waals surface area (Å²) in [5.74, 6) is -3.94. The van der Waals surface area contributed by atoms with E-state index in [1.807, 2.05) is 13.1 Å². The molecule has 1 aromatic carbocycles. The van der Waals surface area contributed by atoms with Gasteiger partial charge in [0.2, 0.25) is 0 Å². The second-order valence-electron chi connectivity index (χ2n) is 9.44. The Bertz CT molecular complexity index is 1440. The lowest BCUT2D eigenvalue weighted by Crippen LogP contribution is -2.35. The number of fused-ring (bicyclic) bond motifs is 4. The summed E-state index contributed by atoms with van der Waals surface area (Å²) >= 11 is 1.64. The number of pyridine rings is 1. The molecule has 9 nitrogen and oxygen atoms in total. The summed E-state index contributed by atoms with van der Waals surface area (Å²) in [6.45, 7) is 7.10. The van der Waals surface area contributed by atoms with Gasteiger partial charge in [0.05, 0.1) is 5.69 Å². The van der Waals surface area contributed by atoms with Gasteiger partial charge in [-0.1, -0.05) is 0 Å². The molecule has 37 heavy (non-hydrogen) atoms. The maximum absolute atomic E-state index is 12.4. The fourth-order valence-electron chi connectivity index (χ4n) is 3.83. The van der Waals surface area contributed by atoms with Gasteiger partial charge in [-0.3, -0.25) is 4.79 Å². The number of aromatic carboxylic acids is 1. The fourth-order valence-corrected chi connectivity index (χ4v) is 4.86. The van der Waals surface area contributed by atoms with Crippen LogP contribution in [0, 0.1) is 0 Å². The lowest BCUT2D eigenvalue weighted by atomic mass is 9.99. The Morgan fingerprint density at radius 2 is 1.78 bits per heavy atom. The number of H-pyrrole nitrogens is 1. The van der Waals surface area contributed by atoms with Gasteiger partial charge >= 0.3 is 18.1 Å². The molecule has 0 saturated carbocycles. The second kappa shape index (κ2) is 10.1. The van der Waals surface area contributed by atoms with E-state index in [9.17, 15) is 33.0 Å². The Kier molecular flexibility index (Phi) is 7.70. The molecule has 0 atom stereocenters. The second-order valence-corrected chi connectivity index (χ2v) is 10.6. The van der Waals surface area contributed by atoms with E-state index in [-0.39, 0.29) is 5.54 Å². The lowest BCUT2D eigenvalue weighted by Gasteiger charge is -2.20. The van der Waals surface area contributed by atoms with E-state index < -0.39 is 35.0 Å². The first-order valence-corrected chi connectivity index (χ1v) is 12.0. The van der Waals surface area contributed by atoms with Crippen LogP contribution >= 0.6 is 11.8 Å². The molecule has 13 heteroatoms. The number of nitrogens with one attached hydrogen (secondary N) is 2. The summed E-state index contributed by atoms with van der Waals surface area (Å²) in [7, 11) is 2.04. The number of aromatic amines is 1. The average molecular weight is 542 g/mol. The normalized spacial score (nSPS) is 13.3. The molecule has 2 aromatic heterocycles. The first kappa shape index (κ1) is 28.1. The van der Waals surface area contributed by atoms with Gasteiger partial charge in [-0.2, -0.15) is 13.2 Å². The smallest absolute Gasteiger partial charge is 0.490 e. The first-order chi connectivity index (χ1) is 17.0. The van der Waals surface area contributed by atoms with Gasteiger partial charge in [-0.05, 0) is 45.4 Å². The van der Waals surface area contributed by atoms with Crippen LogP contribution in [0.1, 0.15) is 42.4 Å². The molecule has 0 spiro atoms. The number of benzene rings is 1. The van der Waals surface area contributed by atoms with Gasteiger partial charge in [0.15, 0.2) is 5.56 Å². The van der Waals surface area contributed by atoms with Crippen LogP contribution in [0.5, 0.6) is 5.75 Å². The van der Waals surface area contributed by atoms with Crippen molar-refractivity contribution in [2.75, 3.05) is 5.75 Å². The van der Waals surface area contributed by atoms with Crippen LogP contribution in [0.4, 0.5) is 13.2 Å². The summed E-state index contributed by atoms with van der Waals surface area (Å²) in [5.41, 5.74) is 2.63. The maximum atomic E-state index is 12.4. The predicted molar refractivity (Wildman–Crippen MR) is 132 cm³/mol. The number of carboxylic acid groups (broad SMARTS) is 2. The Balaban J connectivity index is 0.000000479. The Morgan fingerprint density at radius 1 is 1.16 bits per heavy atom. The number of aliphatic carboxylic acids is 1. The molecule has 0 saturated heterocycles. The third-order valence-corrected chi connectivity index (χ3v) is 6.73. The number of hydrogen-bond acceptors (Lipinski definition) is 6. The van der Waals surface area contributed by atoms with Gasteiger partial charge in [0.1, 0.15) is 5.75 Å². The van der Waals surface area contributed by atoms with E-state index in [0.29, 0.717) is 23.4 Å². The first-order valence-electron chi connectivity index (χ1n) is 11.0. The molecule has 3 aromatic rings. The van der Waals surface area contributed by atoms with Gasteiger partial charge in [0.25, 0.3) is 5.56 Å². The van der Waals surface area contributed by atoms with Crippen LogP contribution in [0.25, 0.3) is 22.2 Å². The number of aryl methyl sites for hydroxylation is 1. The third kappa shape index (κ3) is 6.10. The topological polar surface area (TPSA) is 145 Å². The highest BCUT2D eigenvalue weighted by Crippen LogP contribution is 2.42. The Hall–Kier alpha value is -3.45. The minimum absolute atomic E-state index is 0.00125. The molecule has 1 aliphatic rings. The quantitative estimate of drug-likeness (QED) is 0.333.